The van der Waals surface area contributed by atoms with Crippen LogP contribution in [0.5, 0.6) is 0 Å². The minimum atomic E-state index is -0.893. The summed E-state index contributed by atoms with van der Waals surface area (Å²) in [6, 6.07) is -0.795. The van der Waals surface area contributed by atoms with Crippen molar-refractivity contribution in [1.29, 1.82) is 0 Å². The molecule has 8 heteroatoms. The number of hydrogen-bond donors (Lipinski definition) is 2. The normalized spacial score (nSPS) is 27.4. The second-order valence-electron chi connectivity index (χ2n) is 4.91. The lowest BCUT2D eigenvalue weighted by Crippen LogP contribution is -2.58. The number of carboxylic acids is 1. The van der Waals surface area contributed by atoms with E-state index in [9.17, 15) is 14.7 Å². The smallest absolute Gasteiger partial charge is 0.320 e. The number of ether oxygens (including phenoxy) is 1. The van der Waals surface area contributed by atoms with E-state index in [0.29, 0.717) is 32.1 Å². The highest BCUT2D eigenvalue weighted by atomic mass is 32.2. The zero-order chi connectivity index (χ0) is 14.5. The number of thioether (sulfide) groups is 1. The summed E-state index contributed by atoms with van der Waals surface area (Å²) in [6.45, 7) is 1.63. The molecule has 2 rings (SSSR count). The van der Waals surface area contributed by atoms with Crippen LogP contribution in [-0.2, 0) is 9.53 Å². The summed E-state index contributed by atoms with van der Waals surface area (Å²) in [5, 5.41) is 18.3. The summed E-state index contributed by atoms with van der Waals surface area (Å²) in [4.78, 5) is 26.8. The Labute approximate surface area is 121 Å². The van der Waals surface area contributed by atoms with Gasteiger partial charge in [0.15, 0.2) is 0 Å². The number of aliphatic hydroxyl groups excluding tert-OH is 1. The van der Waals surface area contributed by atoms with Gasteiger partial charge in [-0.1, -0.05) is 0 Å². The predicted octanol–water partition coefficient (Wildman–Crippen LogP) is -0.308. The SMILES string of the molecule is O=C(O)CC1CSCCN1C(=O)N1CCOCC1CO. The van der Waals surface area contributed by atoms with Crippen LogP contribution in [0.25, 0.3) is 0 Å². The molecule has 0 aliphatic carbocycles. The first-order valence-electron chi connectivity index (χ1n) is 6.69. The quantitative estimate of drug-likeness (QED) is 0.743. The molecule has 0 aromatic rings. The van der Waals surface area contributed by atoms with E-state index in [0.717, 1.165) is 5.75 Å². The number of urea groups is 1. The summed E-state index contributed by atoms with van der Waals surface area (Å²) in [5.41, 5.74) is 0. The van der Waals surface area contributed by atoms with Crippen LogP contribution < -0.4 is 0 Å². The number of carboxylic acid groups (broad SMARTS) is 1. The van der Waals surface area contributed by atoms with Crippen molar-refractivity contribution in [3.63, 3.8) is 0 Å². The van der Waals surface area contributed by atoms with Crippen LogP contribution in [0.2, 0.25) is 0 Å². The van der Waals surface area contributed by atoms with Crippen molar-refractivity contribution >= 4 is 23.8 Å². The number of nitrogens with zero attached hydrogens (tertiary/aromatic N) is 2. The lowest BCUT2D eigenvalue weighted by molar-refractivity contribution is -0.138. The van der Waals surface area contributed by atoms with Crippen molar-refractivity contribution in [3.05, 3.63) is 0 Å². The highest BCUT2D eigenvalue weighted by Gasteiger charge is 2.35. The topological polar surface area (TPSA) is 90.3 Å². The molecule has 0 saturated carbocycles. The standard InChI is InChI=1S/C12H20N2O5S/c15-6-10-7-19-3-1-13(10)12(18)14-2-4-20-8-9(14)5-11(16)17/h9-10,15H,1-8H2,(H,16,17). The highest BCUT2D eigenvalue weighted by molar-refractivity contribution is 7.99. The fourth-order valence-electron chi connectivity index (χ4n) is 2.50. The van der Waals surface area contributed by atoms with E-state index in [2.05, 4.69) is 0 Å². The number of rotatable bonds is 3. The molecule has 2 unspecified atom stereocenters. The Morgan fingerprint density at radius 3 is 2.70 bits per heavy atom. The van der Waals surface area contributed by atoms with Crippen molar-refractivity contribution in [2.75, 3.05) is 44.4 Å². The average molecular weight is 304 g/mol. The summed E-state index contributed by atoms with van der Waals surface area (Å²) in [7, 11) is 0. The molecule has 2 atom stereocenters. The molecule has 0 aromatic heterocycles. The van der Waals surface area contributed by atoms with Gasteiger partial charge in [0.05, 0.1) is 38.3 Å². The Kier molecular flexibility index (Phi) is 5.50. The Bertz CT molecular complexity index is 368. The summed E-state index contributed by atoms with van der Waals surface area (Å²) >= 11 is 1.67. The van der Waals surface area contributed by atoms with E-state index in [-0.39, 0.29) is 31.1 Å². The van der Waals surface area contributed by atoms with Crippen LogP contribution in [0.1, 0.15) is 6.42 Å². The van der Waals surface area contributed by atoms with Crippen LogP contribution in [-0.4, -0.2) is 88.5 Å². The molecule has 2 aliphatic heterocycles. The third-order valence-electron chi connectivity index (χ3n) is 3.57. The fraction of sp³-hybridized carbons (Fsp3) is 0.833. The second-order valence-corrected chi connectivity index (χ2v) is 6.06. The van der Waals surface area contributed by atoms with Crippen molar-refractivity contribution in [2.45, 2.75) is 18.5 Å². The first kappa shape index (κ1) is 15.4. The van der Waals surface area contributed by atoms with Gasteiger partial charge in [-0.3, -0.25) is 4.79 Å². The molecule has 2 saturated heterocycles. The third-order valence-corrected chi connectivity index (χ3v) is 4.66. The minimum Gasteiger partial charge on any atom is -0.481 e. The first-order valence-corrected chi connectivity index (χ1v) is 7.84. The molecule has 0 bridgehead atoms. The highest BCUT2D eigenvalue weighted by Crippen LogP contribution is 2.22. The van der Waals surface area contributed by atoms with Gasteiger partial charge in [0.2, 0.25) is 0 Å². The largest absolute Gasteiger partial charge is 0.481 e. The number of aliphatic carboxylic acids is 1. The molecule has 0 spiro atoms. The van der Waals surface area contributed by atoms with Crippen LogP contribution in [0.15, 0.2) is 0 Å². The molecule has 20 heavy (non-hydrogen) atoms. The summed E-state index contributed by atoms with van der Waals surface area (Å²) in [5.74, 6) is 0.568. The number of aliphatic hydroxyl groups is 1. The van der Waals surface area contributed by atoms with Gasteiger partial charge >= 0.3 is 12.0 Å². The van der Waals surface area contributed by atoms with Gasteiger partial charge in [0.25, 0.3) is 0 Å². The molecule has 2 heterocycles. The van der Waals surface area contributed by atoms with Crippen LogP contribution in [0, 0.1) is 0 Å². The van der Waals surface area contributed by atoms with E-state index in [4.69, 9.17) is 9.84 Å². The Morgan fingerprint density at radius 2 is 2.00 bits per heavy atom. The number of morpholine rings is 1. The summed E-state index contributed by atoms with van der Waals surface area (Å²) < 4.78 is 5.26. The molecule has 2 aliphatic rings. The zero-order valence-electron chi connectivity index (χ0n) is 11.2. The van der Waals surface area contributed by atoms with Gasteiger partial charge in [-0.15, -0.1) is 0 Å². The van der Waals surface area contributed by atoms with Crippen LogP contribution in [0.3, 0.4) is 0 Å². The predicted molar refractivity (Wildman–Crippen MR) is 73.9 cm³/mol. The lowest BCUT2D eigenvalue weighted by atomic mass is 10.2. The zero-order valence-corrected chi connectivity index (χ0v) is 12.0. The van der Waals surface area contributed by atoms with E-state index >= 15 is 0 Å². The second kappa shape index (κ2) is 7.14. The minimum absolute atomic E-state index is 0.0348. The van der Waals surface area contributed by atoms with Crippen LogP contribution >= 0.6 is 11.8 Å². The molecule has 7 nitrogen and oxygen atoms in total. The van der Waals surface area contributed by atoms with Gasteiger partial charge in [-0.25, -0.2) is 4.79 Å². The number of amides is 2. The Balaban J connectivity index is 2.05. The van der Waals surface area contributed by atoms with Gasteiger partial charge < -0.3 is 24.7 Å². The third kappa shape index (κ3) is 3.56. The van der Waals surface area contributed by atoms with Gasteiger partial charge in [0.1, 0.15) is 0 Å². The number of hydrogen-bond acceptors (Lipinski definition) is 5. The number of carbonyl (C=O) groups excluding carboxylic acids is 1. The van der Waals surface area contributed by atoms with Gasteiger partial charge in [-0.2, -0.15) is 11.8 Å². The average Bonchev–Trinajstić information content (AvgIpc) is 2.46. The Morgan fingerprint density at radius 1 is 1.25 bits per heavy atom. The molecular formula is C12H20N2O5S. The maximum atomic E-state index is 12.6. The molecule has 2 N–H and O–H groups in total. The maximum Gasteiger partial charge on any atom is 0.320 e. The molecule has 2 amide bonds. The van der Waals surface area contributed by atoms with Crippen molar-refractivity contribution < 1.29 is 24.5 Å². The molecule has 114 valence electrons. The first-order chi connectivity index (χ1) is 9.63. The van der Waals surface area contributed by atoms with Gasteiger partial charge in [0, 0.05) is 24.6 Å². The van der Waals surface area contributed by atoms with Gasteiger partial charge in [-0.05, 0) is 0 Å². The van der Waals surface area contributed by atoms with E-state index in [1.54, 1.807) is 21.6 Å². The van der Waals surface area contributed by atoms with Crippen molar-refractivity contribution in [2.24, 2.45) is 0 Å². The van der Waals surface area contributed by atoms with E-state index in [1.807, 2.05) is 0 Å². The van der Waals surface area contributed by atoms with E-state index < -0.39 is 5.97 Å². The van der Waals surface area contributed by atoms with Crippen LogP contribution in [0.4, 0.5) is 4.79 Å². The van der Waals surface area contributed by atoms with Crippen molar-refractivity contribution in [1.82, 2.24) is 9.80 Å². The molecular weight excluding hydrogens is 284 g/mol. The Hall–Kier alpha value is -0.990. The fourth-order valence-corrected chi connectivity index (χ4v) is 3.56. The molecule has 0 aromatic carbocycles. The molecule has 0 radical (unpaired) electrons. The summed E-state index contributed by atoms with van der Waals surface area (Å²) in [6.07, 6.45) is -0.0348. The van der Waals surface area contributed by atoms with Crippen molar-refractivity contribution in [3.8, 4) is 0 Å². The number of carbonyl (C=O) groups is 2. The maximum absolute atomic E-state index is 12.6. The van der Waals surface area contributed by atoms with E-state index in [1.165, 1.54) is 0 Å². The molecule has 2 fully saturated rings. The monoisotopic (exact) mass is 304 g/mol. The lowest BCUT2D eigenvalue weighted by Gasteiger charge is -2.42.